The Hall–Kier alpha value is -1.88. The molecule has 142 valence electrons. The number of hydrogen-bond acceptors (Lipinski definition) is 4. The van der Waals surface area contributed by atoms with Crippen molar-refractivity contribution in [2.45, 2.75) is 37.7 Å². The molecule has 4 atom stereocenters. The second kappa shape index (κ2) is 6.93. The molecule has 0 amide bonds. The number of aliphatic hydroxyl groups is 1. The summed E-state index contributed by atoms with van der Waals surface area (Å²) in [6, 6.07) is 18.7. The number of hydrogen-bond donors (Lipinski definition) is 1. The van der Waals surface area contributed by atoms with E-state index in [1.165, 1.54) is 11.1 Å². The van der Waals surface area contributed by atoms with E-state index < -0.39 is 0 Å². The topological polar surface area (TPSA) is 41.9 Å². The fourth-order valence-electron chi connectivity index (χ4n) is 5.34. The number of nitrogens with zero attached hydrogens (tertiary/aromatic N) is 1. The largest absolute Gasteiger partial charge is 0.489 e. The van der Waals surface area contributed by atoms with Crippen LogP contribution in [0, 0.1) is 11.8 Å². The molecule has 3 fully saturated rings. The third-order valence-electron chi connectivity index (χ3n) is 6.64. The van der Waals surface area contributed by atoms with Gasteiger partial charge >= 0.3 is 0 Å². The van der Waals surface area contributed by atoms with Crippen molar-refractivity contribution in [3.05, 3.63) is 65.7 Å². The molecule has 3 saturated heterocycles. The van der Waals surface area contributed by atoms with Crippen molar-refractivity contribution in [3.8, 4) is 5.75 Å². The van der Waals surface area contributed by atoms with Gasteiger partial charge in [0.05, 0.1) is 11.7 Å². The molecular weight excluding hydrogens is 338 g/mol. The van der Waals surface area contributed by atoms with Gasteiger partial charge in [-0.2, -0.15) is 0 Å². The van der Waals surface area contributed by atoms with Crippen LogP contribution >= 0.6 is 0 Å². The van der Waals surface area contributed by atoms with Gasteiger partial charge in [-0.05, 0) is 36.1 Å². The molecule has 0 aliphatic carbocycles. The molecule has 2 aromatic carbocycles. The van der Waals surface area contributed by atoms with Crippen molar-refractivity contribution in [1.29, 1.82) is 0 Å². The second-order valence-corrected chi connectivity index (χ2v) is 8.30. The zero-order chi connectivity index (χ0) is 18.3. The van der Waals surface area contributed by atoms with E-state index in [2.05, 4.69) is 41.3 Å². The molecule has 3 heterocycles. The summed E-state index contributed by atoms with van der Waals surface area (Å²) in [6.07, 6.45) is 2.56. The van der Waals surface area contributed by atoms with Crippen LogP contribution in [0.25, 0.3) is 0 Å². The molecule has 3 aliphatic heterocycles. The summed E-state index contributed by atoms with van der Waals surface area (Å²) in [6.45, 7) is 3.82. The van der Waals surface area contributed by atoms with Crippen LogP contribution < -0.4 is 4.74 Å². The third kappa shape index (κ3) is 3.16. The summed E-state index contributed by atoms with van der Waals surface area (Å²) >= 11 is 0. The van der Waals surface area contributed by atoms with Crippen molar-refractivity contribution >= 4 is 0 Å². The van der Waals surface area contributed by atoms with E-state index in [0.29, 0.717) is 24.5 Å². The van der Waals surface area contributed by atoms with E-state index in [0.717, 1.165) is 38.2 Å². The van der Waals surface area contributed by atoms with E-state index in [1.807, 2.05) is 18.2 Å². The Morgan fingerprint density at radius 3 is 2.67 bits per heavy atom. The summed E-state index contributed by atoms with van der Waals surface area (Å²) < 4.78 is 12.2. The molecule has 0 radical (unpaired) electrons. The Balaban J connectivity index is 1.19. The van der Waals surface area contributed by atoms with Crippen LogP contribution in [-0.2, 0) is 17.9 Å². The highest BCUT2D eigenvalue weighted by Gasteiger charge is 2.62. The lowest BCUT2D eigenvalue weighted by atomic mass is 9.74. The lowest BCUT2D eigenvalue weighted by Crippen LogP contribution is -2.37. The average Bonchev–Trinajstić information content (AvgIpc) is 3.35. The second-order valence-electron chi connectivity index (χ2n) is 8.30. The van der Waals surface area contributed by atoms with Gasteiger partial charge in [-0.25, -0.2) is 0 Å². The van der Waals surface area contributed by atoms with Crippen molar-refractivity contribution in [2.75, 3.05) is 19.7 Å². The van der Waals surface area contributed by atoms with Crippen molar-refractivity contribution < 1.29 is 14.6 Å². The maximum absolute atomic E-state index is 9.76. The number of benzene rings is 2. The fraction of sp³-hybridized carbons (Fsp3) is 0.478. The Bertz CT molecular complexity index is 778. The number of aliphatic hydroxyl groups excluding tert-OH is 1. The number of fused-ring (bicyclic) bond motifs is 1. The SMILES string of the molecule is OC[C@H]1[C@H]2CN(Cc3ccc(OCc4ccccc4)cc3)C[C@]23CC[C@H]1O3. The maximum atomic E-state index is 9.76. The quantitative estimate of drug-likeness (QED) is 0.853. The Morgan fingerprint density at radius 1 is 1.07 bits per heavy atom. The van der Waals surface area contributed by atoms with Crippen LogP contribution in [0.5, 0.6) is 5.75 Å². The molecule has 0 saturated carbocycles. The molecule has 1 N–H and O–H groups in total. The van der Waals surface area contributed by atoms with Gasteiger partial charge < -0.3 is 14.6 Å². The first-order valence-electron chi connectivity index (χ1n) is 10.0. The van der Waals surface area contributed by atoms with Gasteiger partial charge in [0, 0.05) is 38.1 Å². The summed E-state index contributed by atoms with van der Waals surface area (Å²) in [4.78, 5) is 2.49. The number of ether oxygens (including phenoxy) is 2. The molecular formula is C23H27NO3. The average molecular weight is 365 g/mol. The van der Waals surface area contributed by atoms with E-state index in [4.69, 9.17) is 9.47 Å². The summed E-state index contributed by atoms with van der Waals surface area (Å²) in [5, 5.41) is 9.76. The normalized spacial score (nSPS) is 32.0. The zero-order valence-electron chi connectivity index (χ0n) is 15.6. The van der Waals surface area contributed by atoms with Gasteiger partial charge in [0.2, 0.25) is 0 Å². The van der Waals surface area contributed by atoms with Crippen molar-refractivity contribution in [1.82, 2.24) is 4.90 Å². The predicted octanol–water partition coefficient (Wildman–Crippen LogP) is 3.24. The first kappa shape index (κ1) is 17.2. The minimum absolute atomic E-state index is 0.0107. The molecule has 27 heavy (non-hydrogen) atoms. The van der Waals surface area contributed by atoms with Crippen LogP contribution in [0.2, 0.25) is 0 Å². The highest BCUT2D eigenvalue weighted by atomic mass is 16.5. The molecule has 2 bridgehead atoms. The number of likely N-dealkylation sites (tertiary alicyclic amines) is 1. The lowest BCUT2D eigenvalue weighted by Gasteiger charge is -2.28. The van der Waals surface area contributed by atoms with Crippen LogP contribution in [0.4, 0.5) is 0 Å². The highest BCUT2D eigenvalue weighted by Crippen LogP contribution is 2.54. The summed E-state index contributed by atoms with van der Waals surface area (Å²) in [5.74, 6) is 1.73. The van der Waals surface area contributed by atoms with Crippen LogP contribution in [0.1, 0.15) is 24.0 Å². The van der Waals surface area contributed by atoms with Gasteiger partial charge in [0.25, 0.3) is 0 Å². The first-order chi connectivity index (χ1) is 13.3. The zero-order valence-corrected chi connectivity index (χ0v) is 15.6. The van der Waals surface area contributed by atoms with Gasteiger partial charge in [-0.1, -0.05) is 42.5 Å². The van der Waals surface area contributed by atoms with Gasteiger partial charge in [-0.15, -0.1) is 0 Å². The molecule has 5 rings (SSSR count). The van der Waals surface area contributed by atoms with E-state index >= 15 is 0 Å². The van der Waals surface area contributed by atoms with Gasteiger partial charge in [0.1, 0.15) is 12.4 Å². The first-order valence-corrected chi connectivity index (χ1v) is 10.0. The lowest BCUT2D eigenvalue weighted by molar-refractivity contribution is 0.000379. The highest BCUT2D eigenvalue weighted by molar-refractivity contribution is 5.28. The van der Waals surface area contributed by atoms with E-state index in [1.54, 1.807) is 0 Å². The Morgan fingerprint density at radius 2 is 1.89 bits per heavy atom. The van der Waals surface area contributed by atoms with Crippen LogP contribution in [0.3, 0.4) is 0 Å². The fourth-order valence-corrected chi connectivity index (χ4v) is 5.34. The monoisotopic (exact) mass is 365 g/mol. The maximum Gasteiger partial charge on any atom is 0.119 e. The van der Waals surface area contributed by atoms with E-state index in [9.17, 15) is 5.11 Å². The molecule has 1 spiro atoms. The molecule has 3 aliphatic rings. The number of rotatable bonds is 6. The minimum Gasteiger partial charge on any atom is -0.489 e. The van der Waals surface area contributed by atoms with Gasteiger partial charge in [-0.3, -0.25) is 4.90 Å². The molecule has 4 heteroatoms. The Labute approximate surface area is 160 Å². The van der Waals surface area contributed by atoms with Crippen molar-refractivity contribution in [3.63, 3.8) is 0 Å². The minimum atomic E-state index is 0.0107. The third-order valence-corrected chi connectivity index (χ3v) is 6.64. The van der Waals surface area contributed by atoms with Gasteiger partial charge in [0.15, 0.2) is 0 Å². The molecule has 2 aromatic rings. The summed E-state index contributed by atoms with van der Waals surface area (Å²) in [5.41, 5.74) is 2.49. The smallest absolute Gasteiger partial charge is 0.119 e. The van der Waals surface area contributed by atoms with E-state index in [-0.39, 0.29) is 12.2 Å². The van der Waals surface area contributed by atoms with Crippen molar-refractivity contribution in [2.24, 2.45) is 11.8 Å². The molecule has 0 unspecified atom stereocenters. The molecule has 0 aromatic heterocycles. The van der Waals surface area contributed by atoms with Crippen LogP contribution in [0.15, 0.2) is 54.6 Å². The summed E-state index contributed by atoms with van der Waals surface area (Å²) in [7, 11) is 0. The Kier molecular flexibility index (Phi) is 4.43. The standard InChI is InChI=1S/C23H27NO3/c25-14-20-21-13-24(16-23(21)11-10-22(20)27-23)12-17-6-8-19(9-7-17)26-15-18-4-2-1-3-5-18/h1-9,20-22,25H,10-16H2/t20-,21+,22+,23+/m0/s1. The van der Waals surface area contributed by atoms with Crippen LogP contribution in [-0.4, -0.2) is 41.4 Å². The molecule has 4 nitrogen and oxygen atoms in total. The predicted molar refractivity (Wildman–Crippen MR) is 103 cm³/mol.